The lowest BCUT2D eigenvalue weighted by atomic mass is 9.91. The molecule has 22 heavy (non-hydrogen) atoms. The fourth-order valence-electron chi connectivity index (χ4n) is 3.10. The van der Waals surface area contributed by atoms with Crippen LogP contribution >= 0.6 is 22.6 Å². The Hall–Kier alpha value is -1.00. The lowest BCUT2D eigenvalue weighted by Gasteiger charge is -2.29. The molecule has 0 saturated heterocycles. The molecule has 8 heteroatoms. The van der Waals surface area contributed by atoms with Crippen LogP contribution < -0.4 is 11.1 Å². The molecule has 0 aromatic carbocycles. The molecule has 0 spiro atoms. The second-order valence-electron chi connectivity index (χ2n) is 5.65. The molecule has 3 rings (SSSR count). The Labute approximate surface area is 143 Å². The molecule has 1 aliphatic rings. The molecule has 0 atom stereocenters. The van der Waals surface area contributed by atoms with Crippen molar-refractivity contribution in [3.05, 3.63) is 10.0 Å². The van der Waals surface area contributed by atoms with Gasteiger partial charge in [0.2, 0.25) is 0 Å². The summed E-state index contributed by atoms with van der Waals surface area (Å²) in [5.41, 5.74) is 6.81. The molecule has 0 radical (unpaired) electrons. The molecule has 1 aliphatic carbocycles. The predicted molar refractivity (Wildman–Crippen MR) is 93.6 cm³/mol. The molecule has 1 fully saturated rings. The molecular weight excluding hydrogens is 395 g/mol. The van der Waals surface area contributed by atoms with Crippen LogP contribution in [0.25, 0.3) is 11.0 Å². The second kappa shape index (κ2) is 7.05. The van der Waals surface area contributed by atoms with Gasteiger partial charge in [0.15, 0.2) is 5.65 Å². The quantitative estimate of drug-likeness (QED) is 0.570. The van der Waals surface area contributed by atoms with E-state index in [1.807, 2.05) is 4.68 Å². The Kier molecular flexibility index (Phi) is 5.09. The Morgan fingerprint density at radius 1 is 1.36 bits per heavy atom. The summed E-state index contributed by atoms with van der Waals surface area (Å²) in [6, 6.07) is 0.966. The fraction of sp³-hybridized carbons (Fsp3) is 0.643. The van der Waals surface area contributed by atoms with Crippen LogP contribution in [-0.4, -0.2) is 46.1 Å². The van der Waals surface area contributed by atoms with Crippen molar-refractivity contribution < 1.29 is 4.74 Å². The minimum absolute atomic E-state index is 0.390. The number of rotatable bonds is 5. The molecule has 7 nitrogen and oxygen atoms in total. The molecule has 120 valence electrons. The summed E-state index contributed by atoms with van der Waals surface area (Å²) < 4.78 is 8.00. The maximum Gasteiger partial charge on any atom is 0.164 e. The van der Waals surface area contributed by atoms with Crippen LogP contribution in [0.2, 0.25) is 0 Å². The van der Waals surface area contributed by atoms with Crippen LogP contribution in [0.1, 0.15) is 31.7 Å². The summed E-state index contributed by atoms with van der Waals surface area (Å²) in [7, 11) is 1.73. The van der Waals surface area contributed by atoms with Crippen molar-refractivity contribution in [2.24, 2.45) is 0 Å². The van der Waals surface area contributed by atoms with Gasteiger partial charge in [-0.2, -0.15) is 5.10 Å². The first kappa shape index (κ1) is 15.9. The highest BCUT2D eigenvalue weighted by Gasteiger charge is 2.25. The molecule has 2 aromatic heterocycles. The van der Waals surface area contributed by atoms with Gasteiger partial charge in [0.25, 0.3) is 0 Å². The lowest BCUT2D eigenvalue weighted by Crippen LogP contribution is -2.35. The van der Waals surface area contributed by atoms with E-state index in [2.05, 4.69) is 43.0 Å². The summed E-state index contributed by atoms with van der Waals surface area (Å²) >= 11 is 2.21. The SMILES string of the molecule is COCCN[C@H]1CC[C@@H](n2nc(I)c3c(N)ncnc32)CC1. The van der Waals surface area contributed by atoms with E-state index in [-0.39, 0.29) is 0 Å². The van der Waals surface area contributed by atoms with E-state index in [9.17, 15) is 0 Å². The van der Waals surface area contributed by atoms with Crippen LogP contribution in [0.5, 0.6) is 0 Å². The van der Waals surface area contributed by atoms with Gasteiger partial charge >= 0.3 is 0 Å². The number of halogens is 1. The second-order valence-corrected chi connectivity index (χ2v) is 6.67. The summed E-state index contributed by atoms with van der Waals surface area (Å²) in [6.45, 7) is 1.68. The third kappa shape index (κ3) is 3.18. The van der Waals surface area contributed by atoms with Gasteiger partial charge in [0, 0.05) is 19.7 Å². The van der Waals surface area contributed by atoms with Gasteiger partial charge in [-0.1, -0.05) is 0 Å². The highest BCUT2D eigenvalue weighted by Crippen LogP contribution is 2.32. The van der Waals surface area contributed by atoms with Gasteiger partial charge in [0.1, 0.15) is 15.8 Å². The predicted octanol–water partition coefficient (Wildman–Crippen LogP) is 1.73. The van der Waals surface area contributed by atoms with Gasteiger partial charge in [-0.3, -0.25) is 0 Å². The highest BCUT2D eigenvalue weighted by atomic mass is 127. The van der Waals surface area contributed by atoms with E-state index in [0.717, 1.165) is 53.6 Å². The number of anilines is 1. The zero-order valence-electron chi connectivity index (χ0n) is 12.6. The third-order valence-corrected chi connectivity index (χ3v) is 5.01. The van der Waals surface area contributed by atoms with E-state index < -0.39 is 0 Å². The number of nitrogens with zero attached hydrogens (tertiary/aromatic N) is 4. The topological polar surface area (TPSA) is 90.9 Å². The Morgan fingerprint density at radius 2 is 2.14 bits per heavy atom. The van der Waals surface area contributed by atoms with Crippen molar-refractivity contribution >= 4 is 39.4 Å². The first-order valence-electron chi connectivity index (χ1n) is 7.57. The highest BCUT2D eigenvalue weighted by molar-refractivity contribution is 14.1. The largest absolute Gasteiger partial charge is 0.383 e. The normalized spacial score (nSPS) is 22.3. The van der Waals surface area contributed by atoms with Crippen LogP contribution in [0.15, 0.2) is 6.33 Å². The van der Waals surface area contributed by atoms with Crippen molar-refractivity contribution in [3.63, 3.8) is 0 Å². The molecule has 2 heterocycles. The van der Waals surface area contributed by atoms with Crippen LogP contribution in [-0.2, 0) is 4.74 Å². The van der Waals surface area contributed by atoms with Gasteiger partial charge in [-0.15, -0.1) is 0 Å². The number of methoxy groups -OCH3 is 1. The number of nitrogens with one attached hydrogen (secondary N) is 1. The van der Waals surface area contributed by atoms with Crippen molar-refractivity contribution in [2.75, 3.05) is 26.0 Å². The smallest absolute Gasteiger partial charge is 0.164 e. The van der Waals surface area contributed by atoms with Crippen LogP contribution in [0, 0.1) is 3.70 Å². The first-order chi connectivity index (χ1) is 10.7. The van der Waals surface area contributed by atoms with Gasteiger partial charge in [-0.25, -0.2) is 14.6 Å². The fourth-order valence-corrected chi connectivity index (χ4v) is 3.85. The Bertz CT molecular complexity index is 638. The van der Waals surface area contributed by atoms with Crippen LogP contribution in [0.4, 0.5) is 5.82 Å². The average molecular weight is 416 g/mol. The molecule has 3 N–H and O–H groups in total. The Morgan fingerprint density at radius 3 is 2.86 bits per heavy atom. The molecule has 1 saturated carbocycles. The number of nitrogens with two attached hydrogens (primary N) is 1. The van der Waals surface area contributed by atoms with Crippen molar-refractivity contribution in [2.45, 2.75) is 37.8 Å². The van der Waals surface area contributed by atoms with Gasteiger partial charge in [0.05, 0.1) is 18.0 Å². The molecular formula is C14H21IN6O. The summed E-state index contributed by atoms with van der Waals surface area (Å²) in [5.74, 6) is 0.510. The number of nitrogen functional groups attached to an aromatic ring is 1. The minimum Gasteiger partial charge on any atom is -0.383 e. The maximum atomic E-state index is 5.96. The van der Waals surface area contributed by atoms with E-state index in [0.29, 0.717) is 17.9 Å². The minimum atomic E-state index is 0.390. The monoisotopic (exact) mass is 416 g/mol. The van der Waals surface area contributed by atoms with E-state index in [4.69, 9.17) is 10.5 Å². The number of hydrogen-bond acceptors (Lipinski definition) is 6. The summed E-state index contributed by atoms with van der Waals surface area (Å²) in [4.78, 5) is 8.46. The third-order valence-electron chi connectivity index (χ3n) is 4.26. The summed E-state index contributed by atoms with van der Waals surface area (Å²) in [6.07, 6.45) is 6.01. The van der Waals surface area contributed by atoms with Crippen molar-refractivity contribution in [1.82, 2.24) is 25.1 Å². The first-order valence-corrected chi connectivity index (χ1v) is 8.65. The molecule has 0 unspecified atom stereocenters. The zero-order valence-corrected chi connectivity index (χ0v) is 14.8. The van der Waals surface area contributed by atoms with Gasteiger partial charge in [-0.05, 0) is 48.3 Å². The van der Waals surface area contributed by atoms with E-state index in [1.54, 1.807) is 7.11 Å². The maximum absolute atomic E-state index is 5.96. The molecule has 0 amide bonds. The zero-order chi connectivity index (χ0) is 15.5. The average Bonchev–Trinajstić information content (AvgIpc) is 2.87. The number of hydrogen-bond donors (Lipinski definition) is 2. The van der Waals surface area contributed by atoms with Crippen LogP contribution in [0.3, 0.4) is 0 Å². The standard InChI is InChI=1S/C14H21IN6O/c1-22-7-6-17-9-2-4-10(5-3-9)21-14-11(12(15)20-21)13(16)18-8-19-14/h8-10,17H,2-7H2,1H3,(H2,16,18,19)/t9-,10+. The number of ether oxygens (including phenoxy) is 1. The summed E-state index contributed by atoms with van der Waals surface area (Å²) in [5, 5.41) is 9.08. The number of fused-ring (bicyclic) bond motifs is 1. The van der Waals surface area contributed by atoms with Crippen molar-refractivity contribution in [1.29, 1.82) is 0 Å². The van der Waals surface area contributed by atoms with E-state index >= 15 is 0 Å². The van der Waals surface area contributed by atoms with E-state index in [1.165, 1.54) is 6.33 Å². The molecule has 2 aromatic rings. The van der Waals surface area contributed by atoms with Gasteiger partial charge < -0.3 is 15.8 Å². The lowest BCUT2D eigenvalue weighted by molar-refractivity contribution is 0.188. The number of aromatic nitrogens is 4. The molecule has 0 aliphatic heterocycles. The Balaban J connectivity index is 1.70. The molecule has 0 bridgehead atoms. The van der Waals surface area contributed by atoms with Crippen molar-refractivity contribution in [3.8, 4) is 0 Å².